The molecule has 31 heavy (non-hydrogen) atoms. The summed E-state index contributed by atoms with van der Waals surface area (Å²) in [6.07, 6.45) is 3.40. The summed E-state index contributed by atoms with van der Waals surface area (Å²) in [4.78, 5) is 30.0. The minimum absolute atomic E-state index is 0.195. The van der Waals surface area contributed by atoms with Crippen molar-refractivity contribution in [2.75, 3.05) is 32.2 Å². The molecule has 2 amide bonds. The number of hydrogen-bond acceptors (Lipinski definition) is 5. The molecule has 1 aliphatic rings. The Morgan fingerprint density at radius 3 is 2.58 bits per heavy atom. The van der Waals surface area contributed by atoms with Gasteiger partial charge in [0, 0.05) is 36.9 Å². The summed E-state index contributed by atoms with van der Waals surface area (Å²) in [5, 5.41) is 7.41. The molecular formula is C24H25N3O4. The summed E-state index contributed by atoms with van der Waals surface area (Å²) in [5.41, 5.74) is 1.06. The van der Waals surface area contributed by atoms with Gasteiger partial charge in [-0.3, -0.25) is 9.59 Å². The normalized spacial score (nSPS) is 14.2. The number of carbonyl (C=O) groups excluding carboxylic acids is 2. The SMILES string of the molecule is COc1ccc(C(=O)Nc2cccnc2C(=O)NCC2CCOCC2)c2ccccc12. The predicted molar refractivity (Wildman–Crippen MR) is 119 cm³/mol. The molecule has 0 unspecified atom stereocenters. The minimum atomic E-state index is -0.315. The van der Waals surface area contributed by atoms with Crippen LogP contribution in [0.3, 0.4) is 0 Å². The molecule has 1 aliphatic heterocycles. The summed E-state index contributed by atoms with van der Waals surface area (Å²) in [6.45, 7) is 2.01. The first-order valence-electron chi connectivity index (χ1n) is 10.4. The Bertz CT molecular complexity index is 1090. The number of nitrogens with zero attached hydrogens (tertiary/aromatic N) is 1. The summed E-state index contributed by atoms with van der Waals surface area (Å²) in [5.74, 6) is 0.471. The molecule has 7 nitrogen and oxygen atoms in total. The lowest BCUT2D eigenvalue weighted by atomic mass is 10.0. The molecule has 1 fully saturated rings. The van der Waals surface area contributed by atoms with Gasteiger partial charge in [-0.15, -0.1) is 0 Å². The third kappa shape index (κ3) is 4.67. The Hall–Kier alpha value is -3.45. The van der Waals surface area contributed by atoms with Gasteiger partial charge in [-0.2, -0.15) is 0 Å². The molecule has 0 radical (unpaired) electrons. The number of methoxy groups -OCH3 is 1. The maximum atomic E-state index is 13.1. The number of carbonyl (C=O) groups is 2. The number of nitrogens with one attached hydrogen (secondary N) is 2. The van der Waals surface area contributed by atoms with Crippen LogP contribution in [-0.4, -0.2) is 43.7 Å². The van der Waals surface area contributed by atoms with Crippen molar-refractivity contribution < 1.29 is 19.1 Å². The fourth-order valence-corrected chi connectivity index (χ4v) is 3.80. The first-order valence-corrected chi connectivity index (χ1v) is 10.4. The van der Waals surface area contributed by atoms with Crippen LogP contribution in [0.25, 0.3) is 10.8 Å². The van der Waals surface area contributed by atoms with Crippen molar-refractivity contribution in [3.8, 4) is 5.75 Å². The molecule has 0 saturated carbocycles. The molecule has 0 aliphatic carbocycles. The molecule has 7 heteroatoms. The van der Waals surface area contributed by atoms with Crippen LogP contribution in [0, 0.1) is 5.92 Å². The van der Waals surface area contributed by atoms with Crippen LogP contribution in [0.5, 0.6) is 5.75 Å². The molecule has 2 heterocycles. The first kappa shape index (κ1) is 20.8. The Kier molecular flexibility index (Phi) is 6.43. The lowest BCUT2D eigenvalue weighted by molar-refractivity contribution is 0.0642. The lowest BCUT2D eigenvalue weighted by Crippen LogP contribution is -2.33. The minimum Gasteiger partial charge on any atom is -0.496 e. The predicted octanol–water partition coefficient (Wildman–Crippen LogP) is 3.65. The summed E-state index contributed by atoms with van der Waals surface area (Å²) < 4.78 is 10.8. The Morgan fingerprint density at radius 1 is 1.03 bits per heavy atom. The summed E-state index contributed by atoms with van der Waals surface area (Å²) in [7, 11) is 1.60. The second-order valence-corrected chi connectivity index (χ2v) is 7.48. The number of hydrogen-bond donors (Lipinski definition) is 2. The highest BCUT2D eigenvalue weighted by atomic mass is 16.5. The molecular weight excluding hydrogens is 394 g/mol. The fraction of sp³-hybridized carbons (Fsp3) is 0.292. The quantitative estimate of drug-likeness (QED) is 0.637. The van der Waals surface area contributed by atoms with E-state index in [-0.39, 0.29) is 17.5 Å². The van der Waals surface area contributed by atoms with E-state index in [9.17, 15) is 9.59 Å². The molecule has 0 spiro atoms. The Morgan fingerprint density at radius 2 is 1.81 bits per heavy atom. The second-order valence-electron chi connectivity index (χ2n) is 7.48. The molecule has 2 N–H and O–H groups in total. The number of benzene rings is 2. The number of ether oxygens (including phenoxy) is 2. The Balaban J connectivity index is 1.53. The van der Waals surface area contributed by atoms with Crippen LogP contribution >= 0.6 is 0 Å². The van der Waals surface area contributed by atoms with Crippen molar-refractivity contribution in [1.82, 2.24) is 10.3 Å². The standard InChI is InChI=1S/C24H25N3O4/c1-30-21-9-8-19(17-5-2-3-6-18(17)21)23(28)27-20-7-4-12-25-22(20)24(29)26-15-16-10-13-31-14-11-16/h2-9,12,16H,10-11,13-15H2,1H3,(H,26,29)(H,27,28). The zero-order valence-corrected chi connectivity index (χ0v) is 17.4. The first-order chi connectivity index (χ1) is 15.2. The van der Waals surface area contributed by atoms with Gasteiger partial charge < -0.3 is 20.1 Å². The zero-order chi connectivity index (χ0) is 21.6. The van der Waals surface area contributed by atoms with Crippen LogP contribution in [0.4, 0.5) is 5.69 Å². The van der Waals surface area contributed by atoms with Crippen LogP contribution in [0.15, 0.2) is 54.7 Å². The van der Waals surface area contributed by atoms with E-state index in [0.29, 0.717) is 29.5 Å². The third-order valence-electron chi connectivity index (χ3n) is 5.51. The molecule has 3 aromatic rings. The van der Waals surface area contributed by atoms with E-state index in [1.165, 1.54) is 0 Å². The van der Waals surface area contributed by atoms with Gasteiger partial charge in [0.05, 0.1) is 12.8 Å². The van der Waals surface area contributed by atoms with E-state index in [1.54, 1.807) is 37.6 Å². The van der Waals surface area contributed by atoms with E-state index in [4.69, 9.17) is 9.47 Å². The second kappa shape index (κ2) is 9.57. The van der Waals surface area contributed by atoms with Gasteiger partial charge in [-0.1, -0.05) is 24.3 Å². The summed E-state index contributed by atoms with van der Waals surface area (Å²) >= 11 is 0. The van der Waals surface area contributed by atoms with Crippen LogP contribution in [0.1, 0.15) is 33.7 Å². The van der Waals surface area contributed by atoms with Crippen LogP contribution in [0.2, 0.25) is 0 Å². The number of anilines is 1. The average Bonchev–Trinajstić information content (AvgIpc) is 2.82. The van der Waals surface area contributed by atoms with Gasteiger partial charge in [0.15, 0.2) is 5.69 Å². The molecule has 160 valence electrons. The molecule has 0 bridgehead atoms. The van der Waals surface area contributed by atoms with Crippen molar-refractivity contribution in [3.63, 3.8) is 0 Å². The zero-order valence-electron chi connectivity index (χ0n) is 17.4. The highest BCUT2D eigenvalue weighted by Gasteiger charge is 2.20. The van der Waals surface area contributed by atoms with E-state index in [1.807, 2.05) is 24.3 Å². The van der Waals surface area contributed by atoms with E-state index >= 15 is 0 Å². The van der Waals surface area contributed by atoms with Gasteiger partial charge in [-0.25, -0.2) is 4.98 Å². The molecule has 1 saturated heterocycles. The highest BCUT2D eigenvalue weighted by Crippen LogP contribution is 2.29. The number of pyridine rings is 1. The van der Waals surface area contributed by atoms with Crippen molar-refractivity contribution in [1.29, 1.82) is 0 Å². The average molecular weight is 419 g/mol. The molecule has 4 rings (SSSR count). The monoisotopic (exact) mass is 419 g/mol. The highest BCUT2D eigenvalue weighted by molar-refractivity contribution is 6.15. The van der Waals surface area contributed by atoms with E-state index in [0.717, 1.165) is 36.8 Å². The summed E-state index contributed by atoms with van der Waals surface area (Å²) in [6, 6.07) is 14.4. The smallest absolute Gasteiger partial charge is 0.272 e. The van der Waals surface area contributed by atoms with Crippen molar-refractivity contribution >= 4 is 28.3 Å². The largest absolute Gasteiger partial charge is 0.496 e. The van der Waals surface area contributed by atoms with Gasteiger partial charge in [0.2, 0.25) is 0 Å². The topological polar surface area (TPSA) is 89.5 Å². The number of aromatic nitrogens is 1. The Labute approximate surface area is 180 Å². The lowest BCUT2D eigenvalue weighted by Gasteiger charge is -2.22. The van der Waals surface area contributed by atoms with Crippen molar-refractivity contribution in [3.05, 3.63) is 66.0 Å². The van der Waals surface area contributed by atoms with E-state index in [2.05, 4.69) is 15.6 Å². The fourth-order valence-electron chi connectivity index (χ4n) is 3.80. The third-order valence-corrected chi connectivity index (χ3v) is 5.51. The van der Waals surface area contributed by atoms with Gasteiger partial charge in [-0.05, 0) is 48.4 Å². The van der Waals surface area contributed by atoms with E-state index < -0.39 is 0 Å². The van der Waals surface area contributed by atoms with Crippen LogP contribution in [-0.2, 0) is 4.74 Å². The number of amides is 2. The van der Waals surface area contributed by atoms with Gasteiger partial charge >= 0.3 is 0 Å². The molecule has 0 atom stereocenters. The van der Waals surface area contributed by atoms with Crippen molar-refractivity contribution in [2.24, 2.45) is 5.92 Å². The van der Waals surface area contributed by atoms with Gasteiger partial charge in [0.25, 0.3) is 11.8 Å². The van der Waals surface area contributed by atoms with Crippen LogP contribution < -0.4 is 15.4 Å². The molecule has 1 aromatic heterocycles. The molecule has 2 aromatic carbocycles. The number of fused-ring (bicyclic) bond motifs is 1. The van der Waals surface area contributed by atoms with Crippen molar-refractivity contribution in [2.45, 2.75) is 12.8 Å². The maximum absolute atomic E-state index is 13.1. The maximum Gasteiger partial charge on any atom is 0.272 e. The van der Waals surface area contributed by atoms with Gasteiger partial charge in [0.1, 0.15) is 5.75 Å². The number of rotatable bonds is 6.